The van der Waals surface area contributed by atoms with E-state index in [0.717, 1.165) is 30.2 Å². The summed E-state index contributed by atoms with van der Waals surface area (Å²) in [5, 5.41) is 0. The maximum absolute atomic E-state index is 12.2. The number of nitrogens with zero attached hydrogens (tertiary/aromatic N) is 1. The number of benzene rings is 2. The molecular formula is C18H21NO2. The number of hydrogen-bond acceptors (Lipinski definition) is 3. The van der Waals surface area contributed by atoms with Gasteiger partial charge in [-0.05, 0) is 49.5 Å². The molecule has 0 spiro atoms. The van der Waals surface area contributed by atoms with Crippen LogP contribution in [0.1, 0.15) is 24.2 Å². The van der Waals surface area contributed by atoms with Gasteiger partial charge in [0.2, 0.25) is 0 Å². The molecule has 0 unspecified atom stereocenters. The van der Waals surface area contributed by atoms with E-state index in [0.29, 0.717) is 6.54 Å². The van der Waals surface area contributed by atoms with E-state index in [1.54, 1.807) is 0 Å². The predicted molar refractivity (Wildman–Crippen MR) is 85.1 cm³/mol. The highest BCUT2D eigenvalue weighted by atomic mass is 16.5. The second-order valence-corrected chi connectivity index (χ2v) is 4.82. The Hall–Kier alpha value is -2.13. The predicted octanol–water partition coefficient (Wildman–Crippen LogP) is 4.00. The molecule has 21 heavy (non-hydrogen) atoms. The second kappa shape index (κ2) is 7.60. The number of Topliss-reactive ketones (excluding diaryl/α,β-unsaturated/α-hetero) is 1. The highest BCUT2D eigenvalue weighted by molar-refractivity contribution is 5.97. The van der Waals surface area contributed by atoms with Crippen molar-refractivity contribution < 1.29 is 9.53 Å². The third-order valence-corrected chi connectivity index (χ3v) is 3.42. The van der Waals surface area contributed by atoms with Gasteiger partial charge in [-0.15, -0.1) is 0 Å². The Morgan fingerprint density at radius 2 is 1.48 bits per heavy atom. The van der Waals surface area contributed by atoms with Gasteiger partial charge < -0.3 is 4.74 Å². The van der Waals surface area contributed by atoms with Crippen LogP contribution in [0.4, 0.5) is 0 Å². The Labute approximate surface area is 126 Å². The van der Waals surface area contributed by atoms with Gasteiger partial charge in [0, 0.05) is 5.56 Å². The smallest absolute Gasteiger partial charge is 0.176 e. The first-order chi connectivity index (χ1) is 10.2. The zero-order valence-corrected chi connectivity index (χ0v) is 12.6. The van der Waals surface area contributed by atoms with E-state index in [1.807, 2.05) is 54.6 Å². The summed E-state index contributed by atoms with van der Waals surface area (Å²) < 4.78 is 5.71. The lowest BCUT2D eigenvalue weighted by Crippen LogP contribution is -2.29. The fraction of sp³-hybridized carbons (Fsp3) is 0.278. The molecule has 0 aliphatic carbocycles. The van der Waals surface area contributed by atoms with Gasteiger partial charge in [-0.25, -0.2) is 0 Å². The van der Waals surface area contributed by atoms with Crippen LogP contribution in [0.15, 0.2) is 54.6 Å². The minimum Gasteiger partial charge on any atom is -0.457 e. The first-order valence-corrected chi connectivity index (χ1v) is 7.31. The Morgan fingerprint density at radius 1 is 0.905 bits per heavy atom. The quantitative estimate of drug-likeness (QED) is 0.719. The highest BCUT2D eigenvalue weighted by Crippen LogP contribution is 2.21. The first-order valence-electron chi connectivity index (χ1n) is 7.31. The molecule has 3 heteroatoms. The molecule has 2 aromatic rings. The van der Waals surface area contributed by atoms with Crippen LogP contribution >= 0.6 is 0 Å². The number of rotatable bonds is 7. The molecule has 2 rings (SSSR count). The maximum Gasteiger partial charge on any atom is 0.176 e. The van der Waals surface area contributed by atoms with Crippen LogP contribution in [0, 0.1) is 0 Å². The standard InChI is InChI=1S/C18H21NO2/c1-3-19(4-2)14-18(20)15-10-12-17(13-11-15)21-16-8-6-5-7-9-16/h5-13H,3-4,14H2,1-2H3. The minimum absolute atomic E-state index is 0.143. The molecule has 0 aliphatic heterocycles. The maximum atomic E-state index is 12.2. The Morgan fingerprint density at radius 3 is 2.05 bits per heavy atom. The number of carbonyl (C=O) groups excluding carboxylic acids is 1. The number of ketones is 1. The van der Waals surface area contributed by atoms with E-state index < -0.39 is 0 Å². The van der Waals surface area contributed by atoms with Crippen LogP contribution < -0.4 is 4.74 Å². The van der Waals surface area contributed by atoms with Crippen LogP contribution in [0.5, 0.6) is 11.5 Å². The van der Waals surface area contributed by atoms with Crippen molar-refractivity contribution in [2.45, 2.75) is 13.8 Å². The molecule has 0 N–H and O–H groups in total. The third-order valence-electron chi connectivity index (χ3n) is 3.42. The highest BCUT2D eigenvalue weighted by Gasteiger charge is 2.10. The molecule has 0 saturated carbocycles. The van der Waals surface area contributed by atoms with Gasteiger partial charge in [-0.2, -0.15) is 0 Å². The largest absolute Gasteiger partial charge is 0.457 e. The molecule has 0 aromatic heterocycles. The van der Waals surface area contributed by atoms with Gasteiger partial charge in [0.1, 0.15) is 11.5 Å². The van der Waals surface area contributed by atoms with Gasteiger partial charge in [-0.3, -0.25) is 9.69 Å². The number of likely N-dealkylation sites (N-methyl/N-ethyl adjacent to an activating group) is 1. The van der Waals surface area contributed by atoms with E-state index in [1.165, 1.54) is 0 Å². The summed E-state index contributed by atoms with van der Waals surface area (Å²) in [5.41, 5.74) is 0.724. The fourth-order valence-corrected chi connectivity index (χ4v) is 2.08. The lowest BCUT2D eigenvalue weighted by Gasteiger charge is -2.16. The molecule has 0 saturated heterocycles. The molecule has 0 atom stereocenters. The van der Waals surface area contributed by atoms with Gasteiger partial charge in [0.05, 0.1) is 6.54 Å². The molecule has 110 valence electrons. The molecular weight excluding hydrogens is 262 g/mol. The molecule has 0 radical (unpaired) electrons. The lowest BCUT2D eigenvalue weighted by molar-refractivity contribution is 0.0937. The van der Waals surface area contributed by atoms with E-state index in [4.69, 9.17) is 4.74 Å². The summed E-state index contributed by atoms with van der Waals surface area (Å²) in [4.78, 5) is 14.3. The fourth-order valence-electron chi connectivity index (χ4n) is 2.08. The van der Waals surface area contributed by atoms with Crippen LogP contribution in [0.2, 0.25) is 0 Å². The number of hydrogen-bond donors (Lipinski definition) is 0. The average Bonchev–Trinajstić information content (AvgIpc) is 2.54. The lowest BCUT2D eigenvalue weighted by atomic mass is 10.1. The topological polar surface area (TPSA) is 29.5 Å². The van der Waals surface area contributed by atoms with Gasteiger partial charge in [0.25, 0.3) is 0 Å². The minimum atomic E-state index is 0.143. The van der Waals surface area contributed by atoms with E-state index in [-0.39, 0.29) is 5.78 Å². The van der Waals surface area contributed by atoms with E-state index in [2.05, 4.69) is 18.7 Å². The van der Waals surface area contributed by atoms with Crippen molar-refractivity contribution >= 4 is 5.78 Å². The first kappa shape index (κ1) is 15.3. The Bertz CT molecular complexity index is 560. The summed E-state index contributed by atoms with van der Waals surface area (Å²) in [5.74, 6) is 1.67. The van der Waals surface area contributed by atoms with E-state index >= 15 is 0 Å². The van der Waals surface area contributed by atoms with Crippen molar-refractivity contribution in [2.24, 2.45) is 0 Å². The van der Waals surface area contributed by atoms with E-state index in [9.17, 15) is 4.79 Å². The summed E-state index contributed by atoms with van der Waals surface area (Å²) in [7, 11) is 0. The molecule has 2 aromatic carbocycles. The Kier molecular flexibility index (Phi) is 5.52. The van der Waals surface area contributed by atoms with Crippen molar-refractivity contribution in [3.8, 4) is 11.5 Å². The Balaban J connectivity index is 2.00. The summed E-state index contributed by atoms with van der Waals surface area (Å²) >= 11 is 0. The van der Waals surface area contributed by atoms with Crippen LogP contribution in [-0.2, 0) is 0 Å². The average molecular weight is 283 g/mol. The van der Waals surface area contributed by atoms with Crippen molar-refractivity contribution in [3.05, 3.63) is 60.2 Å². The molecule has 0 aliphatic rings. The van der Waals surface area contributed by atoms with Crippen LogP contribution in [0.25, 0.3) is 0 Å². The SMILES string of the molecule is CCN(CC)CC(=O)c1ccc(Oc2ccccc2)cc1. The molecule has 0 bridgehead atoms. The summed E-state index contributed by atoms with van der Waals surface area (Å²) in [6, 6.07) is 16.9. The number of para-hydroxylation sites is 1. The molecule has 3 nitrogen and oxygen atoms in total. The zero-order valence-electron chi connectivity index (χ0n) is 12.6. The third kappa shape index (κ3) is 4.43. The molecule has 0 fully saturated rings. The van der Waals surface area contributed by atoms with Crippen LogP contribution in [-0.4, -0.2) is 30.3 Å². The number of ether oxygens (including phenoxy) is 1. The number of carbonyl (C=O) groups is 1. The van der Waals surface area contributed by atoms with Gasteiger partial charge in [-0.1, -0.05) is 32.0 Å². The molecule has 0 amide bonds. The monoisotopic (exact) mass is 283 g/mol. The zero-order chi connectivity index (χ0) is 15.1. The van der Waals surface area contributed by atoms with Crippen molar-refractivity contribution in [1.29, 1.82) is 0 Å². The summed E-state index contributed by atoms with van der Waals surface area (Å²) in [6.07, 6.45) is 0. The van der Waals surface area contributed by atoms with Crippen LogP contribution in [0.3, 0.4) is 0 Å². The normalized spacial score (nSPS) is 10.6. The van der Waals surface area contributed by atoms with Gasteiger partial charge >= 0.3 is 0 Å². The second-order valence-electron chi connectivity index (χ2n) is 4.82. The van der Waals surface area contributed by atoms with Crippen molar-refractivity contribution in [1.82, 2.24) is 4.90 Å². The van der Waals surface area contributed by atoms with Gasteiger partial charge in [0.15, 0.2) is 5.78 Å². The van der Waals surface area contributed by atoms with Crippen molar-refractivity contribution in [3.63, 3.8) is 0 Å². The molecule has 0 heterocycles. The summed E-state index contributed by atoms with van der Waals surface area (Å²) in [6.45, 7) is 6.36. The van der Waals surface area contributed by atoms with Crippen molar-refractivity contribution in [2.75, 3.05) is 19.6 Å².